The average molecular weight is 612 g/mol. The number of pyridine rings is 2. The van der Waals surface area contributed by atoms with E-state index in [-0.39, 0.29) is 25.7 Å². The molecule has 4 heteroatoms. The van der Waals surface area contributed by atoms with Crippen LogP contribution in [0.4, 0.5) is 4.39 Å². The third-order valence-corrected chi connectivity index (χ3v) is 4.69. The third kappa shape index (κ3) is 6.52. The van der Waals surface area contributed by atoms with Crippen molar-refractivity contribution in [2.24, 2.45) is 0 Å². The van der Waals surface area contributed by atoms with E-state index in [1.54, 1.807) is 30.6 Å². The van der Waals surface area contributed by atoms with Gasteiger partial charge in [0, 0.05) is 36.6 Å². The summed E-state index contributed by atoms with van der Waals surface area (Å²) in [6.07, 6.45) is 3.43. The first-order valence-electron chi connectivity index (χ1n) is 11.5. The van der Waals surface area contributed by atoms with Gasteiger partial charge in [-0.05, 0) is 59.2 Å². The molecule has 5 aromatic rings. The summed E-state index contributed by atoms with van der Waals surface area (Å²) in [4.78, 5) is 8.53. The van der Waals surface area contributed by atoms with Crippen LogP contribution in [-0.2, 0) is 20.1 Å². The average Bonchev–Trinajstić information content (AvgIpc) is 2.90. The van der Waals surface area contributed by atoms with Gasteiger partial charge >= 0.3 is 0 Å². The van der Waals surface area contributed by atoms with Crippen molar-refractivity contribution in [1.82, 2.24) is 9.97 Å². The minimum absolute atomic E-state index is 0. The van der Waals surface area contributed by atoms with Crippen molar-refractivity contribution >= 4 is 0 Å². The Hall–Kier alpha value is -3.46. The van der Waals surface area contributed by atoms with Gasteiger partial charge in [-0.3, -0.25) is 0 Å². The predicted octanol–water partition coefficient (Wildman–Crippen LogP) is 7.21. The van der Waals surface area contributed by atoms with Crippen LogP contribution in [0.3, 0.4) is 0 Å². The molecule has 0 aliphatic heterocycles. The van der Waals surface area contributed by atoms with Gasteiger partial charge < -0.3 is 9.97 Å². The van der Waals surface area contributed by atoms with Crippen LogP contribution in [0.5, 0.6) is 0 Å². The molecule has 5 rings (SSSR count). The van der Waals surface area contributed by atoms with Crippen molar-refractivity contribution in [3.63, 3.8) is 0 Å². The van der Waals surface area contributed by atoms with E-state index in [1.165, 1.54) is 12.1 Å². The van der Waals surface area contributed by atoms with E-state index in [0.29, 0.717) is 5.56 Å². The van der Waals surface area contributed by atoms with E-state index in [2.05, 4.69) is 22.1 Å². The zero-order valence-corrected chi connectivity index (χ0v) is 19.9. The van der Waals surface area contributed by atoms with Gasteiger partial charge in [-0.25, -0.2) is 4.39 Å². The van der Waals surface area contributed by atoms with Crippen LogP contribution in [0, 0.1) is 24.8 Å². The quantitative estimate of drug-likeness (QED) is 0.202. The Morgan fingerprint density at radius 3 is 2.00 bits per heavy atom. The van der Waals surface area contributed by atoms with Crippen molar-refractivity contribution in [2.75, 3.05) is 0 Å². The second-order valence-electron chi connectivity index (χ2n) is 6.89. The van der Waals surface area contributed by atoms with Gasteiger partial charge in [-0.2, -0.15) is 0 Å². The van der Waals surface area contributed by atoms with Gasteiger partial charge in [0.15, 0.2) is 0 Å². The molecule has 0 spiro atoms. The molecule has 0 saturated heterocycles. The molecule has 2 nitrogen and oxygen atoms in total. The van der Waals surface area contributed by atoms with Crippen molar-refractivity contribution < 1.29 is 28.6 Å². The largest absolute Gasteiger partial charge is 0.305 e. The van der Waals surface area contributed by atoms with E-state index >= 15 is 0 Å². The summed E-state index contributed by atoms with van der Waals surface area (Å²) >= 11 is 0. The number of aromatic nitrogens is 2. The number of nitrogens with zero attached hydrogens (tertiary/aromatic N) is 2. The fourth-order valence-corrected chi connectivity index (χ4v) is 3.09. The van der Waals surface area contributed by atoms with E-state index < -0.39 is 12.7 Å². The maximum atomic E-state index is 13.7. The smallest absolute Gasteiger partial charge is 0.126 e. The summed E-state index contributed by atoms with van der Waals surface area (Å²) in [6.45, 7) is -2.48. The second-order valence-corrected chi connectivity index (χ2v) is 6.89. The van der Waals surface area contributed by atoms with Gasteiger partial charge in [0.1, 0.15) is 5.82 Å². The third-order valence-electron chi connectivity index (χ3n) is 4.69. The van der Waals surface area contributed by atoms with Crippen molar-refractivity contribution in [1.29, 1.82) is 0 Å². The second kappa shape index (κ2) is 12.0. The molecule has 0 aliphatic carbocycles. The molecule has 0 saturated carbocycles. The number of hydrogen-bond acceptors (Lipinski definition) is 2. The number of halogens is 1. The van der Waals surface area contributed by atoms with Gasteiger partial charge in [-0.15, -0.1) is 71.8 Å². The molecule has 0 fully saturated rings. The van der Waals surface area contributed by atoms with Crippen LogP contribution in [0.15, 0.2) is 109 Å². The molecule has 0 unspecified atom stereocenters. The molecule has 165 valence electrons. The first kappa shape index (κ1) is 20.2. The fourth-order valence-electron chi connectivity index (χ4n) is 3.09. The monoisotopic (exact) mass is 612 g/mol. The van der Waals surface area contributed by atoms with Crippen LogP contribution < -0.4 is 0 Å². The SMILES string of the molecule is [2H]C([2H])([2H])c1cc(-c2ccnc(-c3[c-]cccc3)c2)ccc1F.[Ir].[c-]1ccccc1-c1ccccn1. The Kier molecular flexibility index (Phi) is 7.31. The maximum Gasteiger partial charge on any atom is 0.126 e. The molecule has 0 aliphatic rings. The van der Waals surface area contributed by atoms with Crippen molar-refractivity contribution in [2.45, 2.75) is 6.85 Å². The van der Waals surface area contributed by atoms with Gasteiger partial charge in [0.05, 0.1) is 0 Å². The molecule has 0 bridgehead atoms. The van der Waals surface area contributed by atoms with E-state index in [4.69, 9.17) is 4.11 Å². The summed E-state index contributed by atoms with van der Waals surface area (Å²) in [5, 5.41) is 0. The zero-order valence-electron chi connectivity index (χ0n) is 20.5. The van der Waals surface area contributed by atoms with Crippen LogP contribution in [0.1, 0.15) is 9.68 Å². The molecule has 2 aromatic heterocycles. The zero-order chi connectivity index (χ0) is 24.7. The molecule has 33 heavy (non-hydrogen) atoms. The standard InChI is InChI=1S/C18H13FN.C11H8N.Ir/c1-13-11-15(7-8-17(13)19)16-9-10-20-18(12-16)14-5-3-2-4-6-14;1-2-6-10(7-3-1)11-8-4-5-9-12-11;/h2-5,7-12H,1H3;1-6,8-9H;/q2*-1;/i1D3;;. The first-order valence-corrected chi connectivity index (χ1v) is 10.0. The number of rotatable bonds is 3. The topological polar surface area (TPSA) is 25.8 Å². The molecule has 1 radical (unpaired) electrons. The van der Waals surface area contributed by atoms with Crippen LogP contribution in [0.2, 0.25) is 0 Å². The summed E-state index contributed by atoms with van der Waals surface area (Å²) in [5.74, 6) is -0.723. The summed E-state index contributed by atoms with van der Waals surface area (Å²) in [5.41, 5.74) is 4.71. The molecular weight excluding hydrogens is 588 g/mol. The molecule has 2 heterocycles. The first-order chi connectivity index (χ1) is 16.9. The summed E-state index contributed by atoms with van der Waals surface area (Å²) in [7, 11) is 0. The Balaban J connectivity index is 0.000000234. The van der Waals surface area contributed by atoms with Crippen molar-refractivity contribution in [3.8, 4) is 33.6 Å². The molecule has 0 amide bonds. The molecule has 0 atom stereocenters. The maximum absolute atomic E-state index is 13.7. The van der Waals surface area contributed by atoms with Gasteiger partial charge in [-0.1, -0.05) is 24.3 Å². The number of hydrogen-bond donors (Lipinski definition) is 0. The van der Waals surface area contributed by atoms with Crippen molar-refractivity contribution in [3.05, 3.63) is 133 Å². The summed E-state index contributed by atoms with van der Waals surface area (Å²) in [6, 6.07) is 35.1. The Labute approximate surface area is 211 Å². The van der Waals surface area contributed by atoms with Gasteiger partial charge in [0.2, 0.25) is 0 Å². The minimum Gasteiger partial charge on any atom is -0.305 e. The number of aryl methyl sites for hydroxylation is 1. The van der Waals surface area contributed by atoms with E-state index in [9.17, 15) is 4.39 Å². The summed E-state index contributed by atoms with van der Waals surface area (Å²) < 4.78 is 36.0. The predicted molar refractivity (Wildman–Crippen MR) is 127 cm³/mol. The van der Waals surface area contributed by atoms with Crippen LogP contribution in [-0.4, -0.2) is 9.97 Å². The van der Waals surface area contributed by atoms with Gasteiger partial charge in [0.25, 0.3) is 0 Å². The van der Waals surface area contributed by atoms with Crippen LogP contribution in [0.25, 0.3) is 33.6 Å². The fraction of sp³-hybridized carbons (Fsp3) is 0.0345. The molecular formula is C29H21FIrN2-2. The Morgan fingerprint density at radius 2 is 1.36 bits per heavy atom. The number of benzene rings is 3. The normalized spacial score (nSPS) is 11.6. The Bertz CT molecular complexity index is 1340. The Morgan fingerprint density at radius 1 is 0.697 bits per heavy atom. The van der Waals surface area contributed by atoms with E-state index in [1.807, 2.05) is 66.7 Å². The van der Waals surface area contributed by atoms with E-state index in [0.717, 1.165) is 28.1 Å². The van der Waals surface area contributed by atoms with Crippen LogP contribution >= 0.6 is 0 Å². The molecule has 3 aromatic carbocycles. The molecule has 0 N–H and O–H groups in total. The minimum atomic E-state index is -2.48.